The van der Waals surface area contributed by atoms with Crippen molar-refractivity contribution in [2.45, 2.75) is 25.4 Å². The standard InChI is InChI=1S/C22H25ClFN3O4/c1-26(22(30)25-12-15-6-4-9-18(24)20(15)23)16(13-28)7-5-11-27-14-31-19-10-3-2-8-17(19)21(27)29/h2-4,6,8-10,16,28H,5,7,11-14H2,1H3,(H,25,30)/t16-/m0/s1. The average Bonchev–Trinajstić information content (AvgIpc) is 2.78. The summed E-state index contributed by atoms with van der Waals surface area (Å²) in [6.45, 7) is 0.456. The molecule has 3 amide bonds. The number of likely N-dealkylation sites (N-methyl/N-ethyl adjacent to an activating group) is 1. The van der Waals surface area contributed by atoms with Gasteiger partial charge < -0.3 is 25.0 Å². The Hall–Kier alpha value is -2.84. The summed E-state index contributed by atoms with van der Waals surface area (Å²) in [4.78, 5) is 28.0. The van der Waals surface area contributed by atoms with Gasteiger partial charge in [0.2, 0.25) is 0 Å². The highest BCUT2D eigenvalue weighted by atomic mass is 35.5. The maximum Gasteiger partial charge on any atom is 0.317 e. The Bertz CT molecular complexity index is 943. The quantitative estimate of drug-likeness (QED) is 0.648. The molecular formula is C22H25ClFN3O4. The van der Waals surface area contributed by atoms with Crippen molar-refractivity contribution >= 4 is 23.5 Å². The highest BCUT2D eigenvalue weighted by molar-refractivity contribution is 6.31. The molecule has 1 aliphatic rings. The van der Waals surface area contributed by atoms with Gasteiger partial charge in [0.15, 0.2) is 6.73 Å². The Balaban J connectivity index is 1.48. The molecule has 3 rings (SSSR count). The molecule has 0 aliphatic carbocycles. The van der Waals surface area contributed by atoms with E-state index in [1.807, 2.05) is 6.07 Å². The zero-order valence-electron chi connectivity index (χ0n) is 17.2. The lowest BCUT2D eigenvalue weighted by Crippen LogP contribution is -2.45. The van der Waals surface area contributed by atoms with Gasteiger partial charge in [-0.15, -0.1) is 0 Å². The van der Waals surface area contributed by atoms with E-state index in [1.54, 1.807) is 36.2 Å². The second kappa shape index (κ2) is 10.5. The number of halogens is 2. The number of carbonyl (C=O) groups is 2. The zero-order valence-corrected chi connectivity index (χ0v) is 17.9. The summed E-state index contributed by atoms with van der Waals surface area (Å²) < 4.78 is 19.1. The first-order valence-corrected chi connectivity index (χ1v) is 10.4. The molecule has 1 atom stereocenters. The Kier molecular flexibility index (Phi) is 7.70. The lowest BCUT2D eigenvalue weighted by molar-refractivity contribution is 0.0507. The lowest BCUT2D eigenvalue weighted by atomic mass is 10.1. The van der Waals surface area contributed by atoms with Crippen LogP contribution in [0.2, 0.25) is 5.02 Å². The molecule has 0 saturated carbocycles. The zero-order chi connectivity index (χ0) is 22.4. The van der Waals surface area contributed by atoms with Gasteiger partial charge in [0.1, 0.15) is 11.6 Å². The van der Waals surface area contributed by atoms with Crippen LogP contribution in [-0.2, 0) is 6.54 Å². The highest BCUT2D eigenvalue weighted by Crippen LogP contribution is 2.24. The molecule has 0 bridgehead atoms. The summed E-state index contributed by atoms with van der Waals surface area (Å²) in [6, 6.07) is 10.6. The summed E-state index contributed by atoms with van der Waals surface area (Å²) in [7, 11) is 1.58. The van der Waals surface area contributed by atoms with Crippen LogP contribution >= 0.6 is 11.6 Å². The van der Waals surface area contributed by atoms with Gasteiger partial charge >= 0.3 is 6.03 Å². The average molecular weight is 450 g/mol. The van der Waals surface area contributed by atoms with E-state index in [2.05, 4.69) is 5.32 Å². The maximum absolute atomic E-state index is 13.5. The van der Waals surface area contributed by atoms with Gasteiger partial charge in [-0.2, -0.15) is 0 Å². The number of nitrogens with one attached hydrogen (secondary N) is 1. The van der Waals surface area contributed by atoms with Gasteiger partial charge in [0, 0.05) is 20.1 Å². The van der Waals surface area contributed by atoms with Crippen molar-refractivity contribution in [1.82, 2.24) is 15.1 Å². The van der Waals surface area contributed by atoms with Crippen molar-refractivity contribution in [3.8, 4) is 5.75 Å². The predicted molar refractivity (Wildman–Crippen MR) is 114 cm³/mol. The van der Waals surface area contributed by atoms with E-state index in [-0.39, 0.29) is 30.8 Å². The SMILES string of the molecule is CN(C(=O)NCc1cccc(F)c1Cl)[C@H](CO)CCCN1COc2ccccc2C1=O. The van der Waals surface area contributed by atoms with Crippen molar-refractivity contribution < 1.29 is 23.8 Å². The van der Waals surface area contributed by atoms with Gasteiger partial charge in [-0.05, 0) is 36.6 Å². The molecule has 1 heterocycles. The fourth-order valence-electron chi connectivity index (χ4n) is 3.38. The van der Waals surface area contributed by atoms with Crippen LogP contribution in [0.1, 0.15) is 28.8 Å². The van der Waals surface area contributed by atoms with Gasteiger partial charge in [0.05, 0.1) is 23.2 Å². The molecule has 166 valence electrons. The Morgan fingerprint density at radius 1 is 1.32 bits per heavy atom. The van der Waals surface area contributed by atoms with Crippen LogP contribution in [0.15, 0.2) is 42.5 Å². The van der Waals surface area contributed by atoms with Crippen molar-refractivity contribution in [1.29, 1.82) is 0 Å². The fraction of sp³-hybridized carbons (Fsp3) is 0.364. The van der Waals surface area contributed by atoms with Gasteiger partial charge in [-0.3, -0.25) is 4.79 Å². The number of aliphatic hydroxyl groups is 1. The number of benzene rings is 2. The number of amides is 3. The summed E-state index contributed by atoms with van der Waals surface area (Å²) in [5.74, 6) is -0.0684. The van der Waals surface area contributed by atoms with Crippen LogP contribution in [0.25, 0.3) is 0 Å². The molecule has 2 aromatic rings. The maximum atomic E-state index is 13.5. The molecule has 0 spiro atoms. The molecule has 7 nitrogen and oxygen atoms in total. The molecule has 0 unspecified atom stereocenters. The minimum absolute atomic E-state index is 0.0286. The molecule has 9 heteroatoms. The van der Waals surface area contributed by atoms with E-state index in [4.69, 9.17) is 16.3 Å². The smallest absolute Gasteiger partial charge is 0.317 e. The van der Waals surface area contributed by atoms with Gasteiger partial charge in [-0.1, -0.05) is 35.9 Å². The monoisotopic (exact) mass is 449 g/mol. The molecule has 2 aromatic carbocycles. The number of hydrogen-bond acceptors (Lipinski definition) is 4. The van der Waals surface area contributed by atoms with Gasteiger partial charge in [0.25, 0.3) is 5.91 Å². The van der Waals surface area contributed by atoms with Crippen molar-refractivity contribution in [3.63, 3.8) is 0 Å². The summed E-state index contributed by atoms with van der Waals surface area (Å²) in [5, 5.41) is 12.4. The molecule has 1 aliphatic heterocycles. The van der Waals surface area contributed by atoms with E-state index < -0.39 is 17.9 Å². The van der Waals surface area contributed by atoms with Crippen LogP contribution < -0.4 is 10.1 Å². The van der Waals surface area contributed by atoms with E-state index in [0.29, 0.717) is 36.3 Å². The topological polar surface area (TPSA) is 82.1 Å². The van der Waals surface area contributed by atoms with E-state index in [0.717, 1.165) is 0 Å². The molecule has 2 N–H and O–H groups in total. The normalized spacial score (nSPS) is 13.9. The Morgan fingerprint density at radius 3 is 2.87 bits per heavy atom. The van der Waals surface area contributed by atoms with E-state index in [1.165, 1.54) is 17.0 Å². The molecular weight excluding hydrogens is 425 g/mol. The Morgan fingerprint density at radius 2 is 2.10 bits per heavy atom. The molecule has 0 radical (unpaired) electrons. The first-order chi connectivity index (χ1) is 14.9. The number of hydrogen-bond donors (Lipinski definition) is 2. The van der Waals surface area contributed by atoms with Crippen molar-refractivity contribution in [3.05, 3.63) is 64.4 Å². The predicted octanol–water partition coefficient (Wildman–Crippen LogP) is 3.25. The van der Waals surface area contributed by atoms with Crippen LogP contribution in [0, 0.1) is 5.82 Å². The number of urea groups is 1. The summed E-state index contributed by atoms with van der Waals surface area (Å²) in [5.41, 5.74) is 0.993. The lowest BCUT2D eigenvalue weighted by Gasteiger charge is -2.30. The minimum atomic E-state index is -0.547. The molecule has 0 fully saturated rings. The second-order valence-electron chi connectivity index (χ2n) is 7.30. The molecule has 31 heavy (non-hydrogen) atoms. The number of rotatable bonds is 8. The Labute approximate surface area is 185 Å². The number of ether oxygens (including phenoxy) is 1. The largest absolute Gasteiger partial charge is 0.472 e. The van der Waals surface area contributed by atoms with E-state index >= 15 is 0 Å². The van der Waals surface area contributed by atoms with E-state index in [9.17, 15) is 19.1 Å². The fourth-order valence-corrected chi connectivity index (χ4v) is 3.58. The number of aliphatic hydroxyl groups excluding tert-OH is 1. The summed E-state index contributed by atoms with van der Waals surface area (Å²) >= 11 is 5.91. The van der Waals surface area contributed by atoms with Crippen molar-refractivity contribution in [2.75, 3.05) is 26.9 Å². The third-order valence-electron chi connectivity index (χ3n) is 5.29. The van der Waals surface area contributed by atoms with Crippen LogP contribution in [0.4, 0.5) is 9.18 Å². The third-order valence-corrected chi connectivity index (χ3v) is 5.71. The number of para-hydroxylation sites is 1. The van der Waals surface area contributed by atoms with Crippen LogP contribution in [0.5, 0.6) is 5.75 Å². The first-order valence-electron chi connectivity index (χ1n) is 9.98. The third kappa shape index (κ3) is 5.45. The molecule has 0 aromatic heterocycles. The number of nitrogens with zero attached hydrogens (tertiary/aromatic N) is 2. The number of carbonyl (C=O) groups excluding carboxylic acids is 2. The highest BCUT2D eigenvalue weighted by Gasteiger charge is 2.26. The summed E-state index contributed by atoms with van der Waals surface area (Å²) in [6.07, 6.45) is 1.07. The minimum Gasteiger partial charge on any atom is -0.472 e. The molecule has 0 saturated heterocycles. The first kappa shape index (κ1) is 22.8. The van der Waals surface area contributed by atoms with Crippen LogP contribution in [0.3, 0.4) is 0 Å². The van der Waals surface area contributed by atoms with Crippen molar-refractivity contribution in [2.24, 2.45) is 0 Å². The van der Waals surface area contributed by atoms with Gasteiger partial charge in [-0.25, -0.2) is 9.18 Å². The number of fused-ring (bicyclic) bond motifs is 1. The van der Waals surface area contributed by atoms with Crippen LogP contribution in [-0.4, -0.2) is 59.8 Å². The second-order valence-corrected chi connectivity index (χ2v) is 7.68.